The van der Waals surface area contributed by atoms with Crippen molar-refractivity contribution < 1.29 is 13.2 Å². The molecule has 0 radical (unpaired) electrons. The Hall–Kier alpha value is -1.99. The van der Waals surface area contributed by atoms with Gasteiger partial charge in [-0.2, -0.15) is 0 Å². The van der Waals surface area contributed by atoms with Crippen molar-refractivity contribution in [1.82, 2.24) is 14.2 Å². The number of likely N-dealkylation sites (tertiary alicyclic amines) is 1. The number of para-hydroxylation sites is 1. The molecule has 0 unspecified atom stereocenters. The highest BCUT2D eigenvalue weighted by Crippen LogP contribution is 2.20. The zero-order valence-corrected chi connectivity index (χ0v) is 14.7. The normalized spacial score (nSPS) is 16.7. The van der Waals surface area contributed by atoms with E-state index in [9.17, 15) is 13.2 Å². The second-order valence-electron chi connectivity index (χ2n) is 6.19. The van der Waals surface area contributed by atoms with Gasteiger partial charge < -0.3 is 4.90 Å². The molecule has 7 heteroatoms. The number of pyridine rings is 1. The topological polar surface area (TPSA) is 70.6 Å². The first-order valence-corrected chi connectivity index (χ1v) is 9.79. The summed E-state index contributed by atoms with van der Waals surface area (Å²) in [7, 11) is -1.60. The molecule has 1 aromatic carbocycles. The van der Waals surface area contributed by atoms with E-state index in [0.29, 0.717) is 31.6 Å². The van der Waals surface area contributed by atoms with E-state index < -0.39 is 10.0 Å². The number of benzene rings is 1. The molecule has 1 aromatic heterocycles. The van der Waals surface area contributed by atoms with Crippen LogP contribution in [0.25, 0.3) is 10.9 Å². The summed E-state index contributed by atoms with van der Waals surface area (Å²) in [5, 5.41) is 1.00. The molecule has 0 bridgehead atoms. The highest BCUT2D eigenvalue weighted by Gasteiger charge is 2.29. The van der Waals surface area contributed by atoms with Crippen LogP contribution >= 0.6 is 0 Å². The molecular weight excluding hydrogens is 326 g/mol. The second-order valence-corrected chi connectivity index (χ2v) is 8.23. The standard InChI is InChI=1S/C17H21N3O3S/c1-19(24(2,22)23)14-9-11-20(12-10-14)17(21)16-8-7-13-5-3-4-6-15(13)18-16/h3-8,14H,9-12H2,1-2H3. The van der Waals surface area contributed by atoms with Crippen LogP contribution in [-0.2, 0) is 10.0 Å². The van der Waals surface area contributed by atoms with Crippen molar-refractivity contribution in [3.8, 4) is 0 Å². The number of carbonyl (C=O) groups is 1. The quantitative estimate of drug-likeness (QED) is 0.848. The third kappa shape index (κ3) is 3.42. The lowest BCUT2D eigenvalue weighted by atomic mass is 10.0. The number of amides is 1. The minimum absolute atomic E-state index is 0.0476. The summed E-state index contributed by atoms with van der Waals surface area (Å²) in [6, 6.07) is 11.3. The maximum absolute atomic E-state index is 12.6. The van der Waals surface area contributed by atoms with Crippen LogP contribution in [0.2, 0.25) is 0 Å². The van der Waals surface area contributed by atoms with Gasteiger partial charge in [-0.05, 0) is 25.0 Å². The lowest BCUT2D eigenvalue weighted by molar-refractivity contribution is 0.0681. The minimum atomic E-state index is -3.20. The molecule has 3 rings (SSSR count). The fraction of sp³-hybridized carbons (Fsp3) is 0.412. The van der Waals surface area contributed by atoms with E-state index in [1.165, 1.54) is 10.6 Å². The van der Waals surface area contributed by atoms with Gasteiger partial charge in [0, 0.05) is 31.6 Å². The number of sulfonamides is 1. The predicted octanol–water partition coefficient (Wildman–Crippen LogP) is 1.73. The largest absolute Gasteiger partial charge is 0.337 e. The molecular formula is C17H21N3O3S. The Morgan fingerprint density at radius 1 is 1.17 bits per heavy atom. The first-order valence-electron chi connectivity index (χ1n) is 7.94. The molecule has 1 fully saturated rings. The van der Waals surface area contributed by atoms with Crippen molar-refractivity contribution in [2.45, 2.75) is 18.9 Å². The predicted molar refractivity (Wildman–Crippen MR) is 93.3 cm³/mol. The van der Waals surface area contributed by atoms with E-state index >= 15 is 0 Å². The Labute approximate surface area is 142 Å². The SMILES string of the molecule is CN(C1CCN(C(=O)c2ccc3ccccc3n2)CC1)S(C)(=O)=O. The van der Waals surface area contributed by atoms with Gasteiger partial charge in [0.1, 0.15) is 5.69 Å². The number of aromatic nitrogens is 1. The van der Waals surface area contributed by atoms with Gasteiger partial charge in [-0.3, -0.25) is 4.79 Å². The summed E-state index contributed by atoms with van der Waals surface area (Å²) in [5.74, 6) is -0.0961. The van der Waals surface area contributed by atoms with Crippen molar-refractivity contribution in [3.05, 3.63) is 42.1 Å². The van der Waals surface area contributed by atoms with Crippen LogP contribution in [0.3, 0.4) is 0 Å². The molecule has 24 heavy (non-hydrogen) atoms. The van der Waals surface area contributed by atoms with Gasteiger partial charge in [-0.15, -0.1) is 0 Å². The van der Waals surface area contributed by atoms with Crippen LogP contribution in [-0.4, -0.2) is 60.9 Å². The number of piperidine rings is 1. The number of hydrogen-bond donors (Lipinski definition) is 0. The smallest absolute Gasteiger partial charge is 0.272 e. The van der Waals surface area contributed by atoms with E-state index in [-0.39, 0.29) is 11.9 Å². The molecule has 0 aliphatic carbocycles. The number of carbonyl (C=O) groups excluding carboxylic acids is 1. The van der Waals surface area contributed by atoms with Crippen LogP contribution in [0.5, 0.6) is 0 Å². The molecule has 1 amide bonds. The van der Waals surface area contributed by atoms with E-state index in [1.807, 2.05) is 30.3 Å². The Balaban J connectivity index is 1.70. The van der Waals surface area contributed by atoms with E-state index in [1.54, 1.807) is 18.0 Å². The van der Waals surface area contributed by atoms with Crippen LogP contribution in [0, 0.1) is 0 Å². The molecule has 6 nitrogen and oxygen atoms in total. The van der Waals surface area contributed by atoms with E-state index in [4.69, 9.17) is 0 Å². The summed E-state index contributed by atoms with van der Waals surface area (Å²) >= 11 is 0. The first kappa shape index (κ1) is 16.9. The van der Waals surface area contributed by atoms with Crippen molar-refractivity contribution in [2.75, 3.05) is 26.4 Å². The minimum Gasteiger partial charge on any atom is -0.337 e. The average molecular weight is 347 g/mol. The Morgan fingerprint density at radius 2 is 1.83 bits per heavy atom. The second kappa shape index (κ2) is 6.49. The summed E-state index contributed by atoms with van der Waals surface area (Å²) in [6.45, 7) is 1.08. The van der Waals surface area contributed by atoms with Gasteiger partial charge in [-0.25, -0.2) is 17.7 Å². The zero-order chi connectivity index (χ0) is 17.3. The lowest BCUT2D eigenvalue weighted by Gasteiger charge is -2.35. The summed E-state index contributed by atoms with van der Waals surface area (Å²) in [6.07, 6.45) is 2.50. The first-order chi connectivity index (χ1) is 11.4. The third-order valence-electron chi connectivity index (χ3n) is 4.61. The van der Waals surface area contributed by atoms with E-state index in [0.717, 1.165) is 10.9 Å². The Bertz CT molecular complexity index is 858. The van der Waals surface area contributed by atoms with Gasteiger partial charge >= 0.3 is 0 Å². The molecule has 1 aliphatic heterocycles. The monoisotopic (exact) mass is 347 g/mol. The van der Waals surface area contributed by atoms with E-state index in [2.05, 4.69) is 4.98 Å². The summed E-state index contributed by atoms with van der Waals surface area (Å²) < 4.78 is 24.7. The van der Waals surface area contributed by atoms with Gasteiger partial charge in [0.15, 0.2) is 0 Å². The number of hydrogen-bond acceptors (Lipinski definition) is 4. The van der Waals surface area contributed by atoms with Crippen molar-refractivity contribution in [2.24, 2.45) is 0 Å². The Kier molecular flexibility index (Phi) is 4.56. The summed E-state index contributed by atoms with van der Waals surface area (Å²) in [5.41, 5.74) is 1.23. The van der Waals surface area contributed by atoms with Crippen LogP contribution < -0.4 is 0 Å². The van der Waals surface area contributed by atoms with Gasteiger partial charge in [0.25, 0.3) is 5.91 Å². The molecule has 0 spiro atoms. The zero-order valence-electron chi connectivity index (χ0n) is 13.8. The van der Waals surface area contributed by atoms with Gasteiger partial charge in [0.2, 0.25) is 10.0 Å². The molecule has 0 N–H and O–H groups in total. The third-order valence-corrected chi connectivity index (χ3v) is 5.95. The fourth-order valence-corrected chi connectivity index (χ4v) is 3.80. The molecule has 0 atom stereocenters. The van der Waals surface area contributed by atoms with Crippen molar-refractivity contribution in [1.29, 1.82) is 0 Å². The molecule has 2 heterocycles. The van der Waals surface area contributed by atoms with Gasteiger partial charge in [-0.1, -0.05) is 24.3 Å². The maximum Gasteiger partial charge on any atom is 0.272 e. The number of nitrogens with zero attached hydrogens (tertiary/aromatic N) is 3. The van der Waals surface area contributed by atoms with Crippen LogP contribution in [0.15, 0.2) is 36.4 Å². The van der Waals surface area contributed by atoms with Crippen LogP contribution in [0.4, 0.5) is 0 Å². The highest BCUT2D eigenvalue weighted by molar-refractivity contribution is 7.88. The molecule has 2 aromatic rings. The maximum atomic E-state index is 12.6. The van der Waals surface area contributed by atoms with Crippen molar-refractivity contribution >= 4 is 26.8 Å². The summed E-state index contributed by atoms with van der Waals surface area (Å²) in [4.78, 5) is 18.8. The highest BCUT2D eigenvalue weighted by atomic mass is 32.2. The molecule has 1 aliphatic rings. The number of rotatable bonds is 3. The lowest BCUT2D eigenvalue weighted by Crippen LogP contribution is -2.47. The van der Waals surface area contributed by atoms with Crippen LogP contribution in [0.1, 0.15) is 23.3 Å². The van der Waals surface area contributed by atoms with Crippen molar-refractivity contribution in [3.63, 3.8) is 0 Å². The average Bonchev–Trinajstić information content (AvgIpc) is 2.59. The Morgan fingerprint density at radius 3 is 2.50 bits per heavy atom. The fourth-order valence-electron chi connectivity index (χ4n) is 3.05. The number of fused-ring (bicyclic) bond motifs is 1. The molecule has 1 saturated heterocycles. The van der Waals surface area contributed by atoms with Gasteiger partial charge in [0.05, 0.1) is 11.8 Å². The molecule has 0 saturated carbocycles. The molecule has 128 valence electrons.